The number of rotatable bonds is 6. The lowest BCUT2D eigenvalue weighted by Crippen LogP contribution is -2.47. The number of guanidine groups is 1. The summed E-state index contributed by atoms with van der Waals surface area (Å²) >= 11 is 0. The van der Waals surface area contributed by atoms with E-state index < -0.39 is 21.3 Å². The van der Waals surface area contributed by atoms with E-state index in [1.54, 1.807) is 0 Å². The van der Waals surface area contributed by atoms with Gasteiger partial charge in [-0.05, 0) is 37.8 Å². The van der Waals surface area contributed by atoms with Crippen LogP contribution in [0, 0.1) is 11.7 Å². The average molecular weight is 425 g/mol. The zero-order chi connectivity index (χ0) is 20.8. The van der Waals surface area contributed by atoms with E-state index in [4.69, 9.17) is 0 Å². The first kappa shape index (κ1) is 22.3. The Balaban J connectivity index is 1.88. The molecule has 7 nitrogen and oxygen atoms in total. The first-order valence-electron chi connectivity index (χ1n) is 8.83. The Labute approximate surface area is 161 Å². The normalized spacial score (nSPS) is 17.5. The Morgan fingerprint density at radius 3 is 2.57 bits per heavy atom. The number of hydrogen-bond acceptors (Lipinski definition) is 4. The van der Waals surface area contributed by atoms with Crippen molar-refractivity contribution in [1.82, 2.24) is 19.9 Å². The Morgan fingerprint density at radius 2 is 2.00 bits per heavy atom. The van der Waals surface area contributed by atoms with E-state index in [2.05, 4.69) is 20.6 Å². The zero-order valence-electron chi connectivity index (χ0n) is 15.3. The van der Waals surface area contributed by atoms with Gasteiger partial charge in [-0.15, -0.1) is 0 Å². The van der Waals surface area contributed by atoms with Gasteiger partial charge in [0.25, 0.3) is 0 Å². The van der Waals surface area contributed by atoms with Gasteiger partial charge in [0.2, 0.25) is 0 Å². The van der Waals surface area contributed by atoms with Gasteiger partial charge in [-0.1, -0.05) is 0 Å². The molecule has 0 atom stereocenters. The molecule has 0 aliphatic carbocycles. The van der Waals surface area contributed by atoms with Gasteiger partial charge in [0.1, 0.15) is 5.82 Å². The van der Waals surface area contributed by atoms with Gasteiger partial charge in [-0.3, -0.25) is 4.98 Å². The summed E-state index contributed by atoms with van der Waals surface area (Å²) < 4.78 is 74.8. The molecule has 2 rings (SSSR count). The lowest BCUT2D eigenvalue weighted by atomic mass is 9.98. The molecule has 1 aliphatic heterocycles. The summed E-state index contributed by atoms with van der Waals surface area (Å²) in [6, 6.07) is 2.78. The van der Waals surface area contributed by atoms with Crippen molar-refractivity contribution in [1.29, 1.82) is 0 Å². The minimum atomic E-state index is -5.27. The SMILES string of the molecule is CCNC(=NCc1ncccc1F)NCC1CCN(S(=O)(=O)C(F)(F)F)CC1. The smallest absolute Gasteiger partial charge is 0.357 e. The van der Waals surface area contributed by atoms with Crippen molar-refractivity contribution in [2.24, 2.45) is 10.9 Å². The molecule has 2 N–H and O–H groups in total. The summed E-state index contributed by atoms with van der Waals surface area (Å²) in [5.74, 6) is -0.0339. The fourth-order valence-electron chi connectivity index (χ4n) is 2.77. The molecule has 1 aromatic rings. The summed E-state index contributed by atoms with van der Waals surface area (Å²) in [5, 5.41) is 6.06. The van der Waals surface area contributed by atoms with Crippen molar-refractivity contribution < 1.29 is 26.0 Å². The maximum absolute atomic E-state index is 13.6. The first-order valence-corrected chi connectivity index (χ1v) is 10.3. The summed E-state index contributed by atoms with van der Waals surface area (Å²) in [4.78, 5) is 8.17. The summed E-state index contributed by atoms with van der Waals surface area (Å²) in [6.45, 7) is 2.51. The fraction of sp³-hybridized carbons (Fsp3) is 0.625. The third-order valence-corrected chi connectivity index (χ3v) is 5.96. The number of piperidine rings is 1. The number of hydrogen-bond donors (Lipinski definition) is 2. The Hall–Kier alpha value is -1.95. The molecule has 1 aromatic heterocycles. The third kappa shape index (κ3) is 5.77. The van der Waals surface area contributed by atoms with Crippen LogP contribution >= 0.6 is 0 Å². The number of halogens is 4. The van der Waals surface area contributed by atoms with Crippen LogP contribution in [0.5, 0.6) is 0 Å². The molecule has 1 saturated heterocycles. The maximum Gasteiger partial charge on any atom is 0.511 e. The monoisotopic (exact) mass is 425 g/mol. The van der Waals surface area contributed by atoms with Crippen LogP contribution in [0.15, 0.2) is 23.3 Å². The van der Waals surface area contributed by atoms with E-state index in [1.165, 1.54) is 18.3 Å². The number of nitrogens with one attached hydrogen (secondary N) is 2. The maximum atomic E-state index is 13.6. The molecule has 0 unspecified atom stereocenters. The molecule has 12 heteroatoms. The molecule has 0 amide bonds. The topological polar surface area (TPSA) is 86.7 Å². The van der Waals surface area contributed by atoms with E-state index in [0.29, 0.717) is 36.2 Å². The molecule has 0 aromatic carbocycles. The van der Waals surface area contributed by atoms with Crippen LogP contribution in [-0.2, 0) is 16.6 Å². The summed E-state index contributed by atoms with van der Waals surface area (Å²) in [7, 11) is -5.27. The van der Waals surface area contributed by atoms with Gasteiger partial charge in [0, 0.05) is 32.4 Å². The van der Waals surface area contributed by atoms with Crippen LogP contribution in [-0.4, -0.2) is 55.4 Å². The van der Waals surface area contributed by atoms with Gasteiger partial charge in [0.05, 0.1) is 12.2 Å². The van der Waals surface area contributed by atoms with Gasteiger partial charge >= 0.3 is 15.5 Å². The number of aliphatic imine (C=N–C) groups is 1. The van der Waals surface area contributed by atoms with E-state index in [1.807, 2.05) is 6.92 Å². The van der Waals surface area contributed by atoms with Crippen LogP contribution in [0.3, 0.4) is 0 Å². The van der Waals surface area contributed by atoms with E-state index in [0.717, 1.165) is 0 Å². The van der Waals surface area contributed by atoms with Crippen molar-refractivity contribution in [2.45, 2.75) is 31.8 Å². The van der Waals surface area contributed by atoms with Crippen molar-refractivity contribution in [3.8, 4) is 0 Å². The molecular formula is C16H23F4N5O2S. The Morgan fingerprint density at radius 1 is 1.32 bits per heavy atom. The molecule has 0 spiro atoms. The standard InChI is InChI=1S/C16H23F4N5O2S/c1-2-21-15(24-11-14-13(17)4-3-7-22-14)23-10-12-5-8-25(9-6-12)28(26,27)16(18,19)20/h3-4,7,12H,2,5-6,8-11H2,1H3,(H2,21,23,24). The second-order valence-electron chi connectivity index (χ2n) is 6.30. The van der Waals surface area contributed by atoms with Crippen LogP contribution < -0.4 is 10.6 Å². The predicted octanol–water partition coefficient (Wildman–Crippen LogP) is 1.84. The van der Waals surface area contributed by atoms with Crippen molar-refractivity contribution in [3.05, 3.63) is 29.8 Å². The van der Waals surface area contributed by atoms with Gasteiger partial charge in [-0.25, -0.2) is 17.8 Å². The lowest BCUT2D eigenvalue weighted by Gasteiger charge is -2.31. The lowest BCUT2D eigenvalue weighted by molar-refractivity contribution is -0.0496. The molecule has 2 heterocycles. The Kier molecular flexibility index (Phi) is 7.58. The van der Waals surface area contributed by atoms with Crippen LogP contribution in [0.1, 0.15) is 25.5 Å². The second-order valence-corrected chi connectivity index (χ2v) is 8.23. The molecule has 0 radical (unpaired) electrons. The van der Waals surface area contributed by atoms with Crippen molar-refractivity contribution >= 4 is 16.0 Å². The van der Waals surface area contributed by atoms with E-state index >= 15 is 0 Å². The van der Waals surface area contributed by atoms with Crippen LogP contribution in [0.2, 0.25) is 0 Å². The van der Waals surface area contributed by atoms with E-state index in [-0.39, 0.29) is 31.2 Å². The quantitative estimate of drug-likeness (QED) is 0.413. The molecular weight excluding hydrogens is 402 g/mol. The minimum Gasteiger partial charge on any atom is -0.357 e. The molecule has 0 saturated carbocycles. The molecule has 28 heavy (non-hydrogen) atoms. The zero-order valence-corrected chi connectivity index (χ0v) is 16.2. The second kappa shape index (κ2) is 9.50. The summed E-state index contributed by atoms with van der Waals surface area (Å²) in [6.07, 6.45) is 2.07. The van der Waals surface area contributed by atoms with Crippen molar-refractivity contribution in [3.63, 3.8) is 0 Å². The van der Waals surface area contributed by atoms with Crippen LogP contribution in [0.4, 0.5) is 17.6 Å². The average Bonchev–Trinajstić information content (AvgIpc) is 2.64. The molecule has 1 aliphatic rings. The molecule has 158 valence electrons. The predicted molar refractivity (Wildman–Crippen MR) is 96.3 cm³/mol. The highest BCUT2D eigenvalue weighted by atomic mass is 32.2. The fourth-order valence-corrected chi connectivity index (χ4v) is 3.76. The van der Waals surface area contributed by atoms with E-state index in [9.17, 15) is 26.0 Å². The number of aromatic nitrogens is 1. The Bertz CT molecular complexity index is 777. The van der Waals surface area contributed by atoms with Gasteiger partial charge < -0.3 is 10.6 Å². The number of sulfonamides is 1. The molecule has 1 fully saturated rings. The van der Waals surface area contributed by atoms with Gasteiger partial charge in [0.15, 0.2) is 5.96 Å². The first-order chi connectivity index (χ1) is 13.1. The van der Waals surface area contributed by atoms with Crippen LogP contribution in [0.25, 0.3) is 0 Å². The number of alkyl halides is 3. The minimum absolute atomic E-state index is 0.00451. The highest BCUT2D eigenvalue weighted by molar-refractivity contribution is 7.90. The number of nitrogens with zero attached hydrogens (tertiary/aromatic N) is 3. The molecule has 0 bridgehead atoms. The van der Waals surface area contributed by atoms with Gasteiger partial charge in [-0.2, -0.15) is 17.5 Å². The highest BCUT2D eigenvalue weighted by Gasteiger charge is 2.50. The number of pyridine rings is 1. The largest absolute Gasteiger partial charge is 0.511 e. The summed E-state index contributed by atoms with van der Waals surface area (Å²) in [5.41, 5.74) is -5.07. The third-order valence-electron chi connectivity index (χ3n) is 4.33. The van der Waals surface area contributed by atoms with Crippen molar-refractivity contribution in [2.75, 3.05) is 26.2 Å². The highest BCUT2D eigenvalue weighted by Crippen LogP contribution is 2.30.